The van der Waals surface area contributed by atoms with Gasteiger partial charge in [-0.05, 0) is 29.2 Å². The van der Waals surface area contributed by atoms with Crippen LogP contribution in [0.2, 0.25) is 0 Å². The van der Waals surface area contributed by atoms with E-state index in [1.807, 2.05) is 32.0 Å². The third-order valence-corrected chi connectivity index (χ3v) is 3.82. The lowest BCUT2D eigenvalue weighted by atomic mass is 10.1. The van der Waals surface area contributed by atoms with Crippen LogP contribution in [0.4, 0.5) is 0 Å². The lowest BCUT2D eigenvalue weighted by Crippen LogP contribution is -2.32. The van der Waals surface area contributed by atoms with E-state index in [4.69, 9.17) is 16.3 Å². The van der Waals surface area contributed by atoms with E-state index in [-0.39, 0.29) is 11.3 Å². The Bertz CT molecular complexity index is 445. The molecular weight excluding hydrogens is 250 g/mol. The number of halogens is 1. The summed E-state index contributed by atoms with van der Waals surface area (Å²) >= 11 is 6.11. The first kappa shape index (κ1) is 13.4. The smallest absolute Gasteiger partial charge is 0.251 e. The third-order valence-electron chi connectivity index (χ3n) is 3.16. The van der Waals surface area contributed by atoms with Gasteiger partial charge < -0.3 is 10.1 Å². The predicted molar refractivity (Wildman–Crippen MR) is 71.7 cm³/mol. The molecule has 3 nitrogen and oxygen atoms in total. The molecule has 1 N–H and O–H groups in total. The molecule has 98 valence electrons. The standard InChI is InChI=1S/C14H18ClNO2/c1-9(2)13(15)6-16-14(17)10-3-4-11-7-18-8-12(11)5-10/h3-5,9,13H,6-8H2,1-2H3,(H,16,17). The maximum atomic E-state index is 12.0. The molecule has 1 unspecified atom stereocenters. The van der Waals surface area contributed by atoms with E-state index in [0.29, 0.717) is 31.2 Å². The molecule has 0 aromatic heterocycles. The van der Waals surface area contributed by atoms with Gasteiger partial charge in [0.2, 0.25) is 0 Å². The number of ether oxygens (including phenoxy) is 1. The summed E-state index contributed by atoms with van der Waals surface area (Å²) in [6.07, 6.45) is 0. The van der Waals surface area contributed by atoms with Crippen molar-refractivity contribution in [3.8, 4) is 0 Å². The minimum absolute atomic E-state index is 0.0355. The van der Waals surface area contributed by atoms with Crippen molar-refractivity contribution in [3.05, 3.63) is 34.9 Å². The van der Waals surface area contributed by atoms with Crippen molar-refractivity contribution in [2.45, 2.75) is 32.4 Å². The molecule has 0 aliphatic carbocycles. The number of alkyl halides is 1. The normalized spacial score (nSPS) is 15.6. The van der Waals surface area contributed by atoms with Crippen molar-refractivity contribution in [1.82, 2.24) is 5.32 Å². The van der Waals surface area contributed by atoms with Crippen LogP contribution in [0, 0.1) is 5.92 Å². The number of hydrogen-bond donors (Lipinski definition) is 1. The molecule has 0 radical (unpaired) electrons. The van der Waals surface area contributed by atoms with Crippen LogP contribution in [-0.2, 0) is 18.0 Å². The lowest BCUT2D eigenvalue weighted by molar-refractivity contribution is 0.0952. The highest BCUT2D eigenvalue weighted by Crippen LogP contribution is 2.20. The van der Waals surface area contributed by atoms with Crippen LogP contribution in [0.25, 0.3) is 0 Å². The van der Waals surface area contributed by atoms with Gasteiger partial charge in [-0.15, -0.1) is 11.6 Å². The summed E-state index contributed by atoms with van der Waals surface area (Å²) in [6.45, 7) is 5.81. The number of rotatable bonds is 4. The van der Waals surface area contributed by atoms with Gasteiger partial charge in [0.15, 0.2) is 0 Å². The van der Waals surface area contributed by atoms with E-state index in [2.05, 4.69) is 5.32 Å². The van der Waals surface area contributed by atoms with E-state index in [1.54, 1.807) is 0 Å². The molecule has 0 saturated heterocycles. The zero-order valence-corrected chi connectivity index (χ0v) is 11.5. The van der Waals surface area contributed by atoms with Crippen LogP contribution in [-0.4, -0.2) is 17.8 Å². The van der Waals surface area contributed by atoms with Crippen LogP contribution < -0.4 is 5.32 Å². The number of hydrogen-bond acceptors (Lipinski definition) is 2. The molecule has 1 aliphatic rings. The fraction of sp³-hybridized carbons (Fsp3) is 0.500. The monoisotopic (exact) mass is 267 g/mol. The Labute approximate surface area is 112 Å². The van der Waals surface area contributed by atoms with Gasteiger partial charge in [-0.1, -0.05) is 19.9 Å². The number of fused-ring (bicyclic) bond motifs is 1. The Hall–Kier alpha value is -1.06. The van der Waals surface area contributed by atoms with Crippen molar-refractivity contribution < 1.29 is 9.53 Å². The minimum atomic E-state index is -0.0731. The van der Waals surface area contributed by atoms with Gasteiger partial charge in [0.25, 0.3) is 5.91 Å². The Morgan fingerprint density at radius 1 is 1.39 bits per heavy atom. The number of carbonyl (C=O) groups is 1. The van der Waals surface area contributed by atoms with Gasteiger partial charge in [0.1, 0.15) is 0 Å². The second-order valence-electron chi connectivity index (χ2n) is 4.95. The van der Waals surface area contributed by atoms with Gasteiger partial charge in [-0.2, -0.15) is 0 Å². The fourth-order valence-electron chi connectivity index (χ4n) is 1.84. The SMILES string of the molecule is CC(C)C(Cl)CNC(=O)c1ccc2c(c1)COC2. The molecule has 1 aromatic rings. The molecule has 0 bridgehead atoms. The van der Waals surface area contributed by atoms with Crippen LogP contribution >= 0.6 is 11.6 Å². The molecule has 1 heterocycles. The van der Waals surface area contributed by atoms with E-state index in [9.17, 15) is 4.79 Å². The summed E-state index contributed by atoms with van der Waals surface area (Å²) in [5.41, 5.74) is 2.95. The fourth-order valence-corrected chi connectivity index (χ4v) is 1.92. The summed E-state index contributed by atoms with van der Waals surface area (Å²) in [7, 11) is 0. The van der Waals surface area contributed by atoms with Crippen LogP contribution in [0.3, 0.4) is 0 Å². The molecule has 1 amide bonds. The zero-order valence-electron chi connectivity index (χ0n) is 10.7. The number of benzene rings is 1. The van der Waals surface area contributed by atoms with Gasteiger partial charge in [-0.25, -0.2) is 0 Å². The van der Waals surface area contributed by atoms with E-state index in [1.165, 1.54) is 5.56 Å². The zero-order chi connectivity index (χ0) is 13.1. The number of carbonyl (C=O) groups excluding carboxylic acids is 1. The molecule has 0 saturated carbocycles. The summed E-state index contributed by atoms with van der Waals surface area (Å²) in [6, 6.07) is 5.69. The minimum Gasteiger partial charge on any atom is -0.372 e. The lowest BCUT2D eigenvalue weighted by Gasteiger charge is -2.14. The quantitative estimate of drug-likeness (QED) is 0.852. The Balaban J connectivity index is 1.97. The number of nitrogens with one attached hydrogen (secondary N) is 1. The van der Waals surface area contributed by atoms with Crippen molar-refractivity contribution >= 4 is 17.5 Å². The molecule has 1 atom stereocenters. The van der Waals surface area contributed by atoms with E-state index in [0.717, 1.165) is 5.56 Å². The third kappa shape index (κ3) is 3.03. The summed E-state index contributed by atoms with van der Waals surface area (Å²) in [5.74, 6) is 0.274. The maximum absolute atomic E-state index is 12.0. The topological polar surface area (TPSA) is 38.3 Å². The van der Waals surface area contributed by atoms with Crippen molar-refractivity contribution in [2.75, 3.05) is 6.54 Å². The molecule has 0 spiro atoms. The Morgan fingerprint density at radius 3 is 2.83 bits per heavy atom. The molecular formula is C14H18ClNO2. The molecule has 1 aromatic carbocycles. The highest BCUT2D eigenvalue weighted by molar-refractivity contribution is 6.21. The molecule has 2 rings (SSSR count). The van der Waals surface area contributed by atoms with Gasteiger partial charge in [-0.3, -0.25) is 4.79 Å². The average Bonchev–Trinajstić information content (AvgIpc) is 2.82. The van der Waals surface area contributed by atoms with Crippen LogP contribution in [0.5, 0.6) is 0 Å². The molecule has 4 heteroatoms. The van der Waals surface area contributed by atoms with Crippen molar-refractivity contribution in [2.24, 2.45) is 5.92 Å². The second-order valence-corrected chi connectivity index (χ2v) is 5.51. The first-order valence-electron chi connectivity index (χ1n) is 6.19. The Kier molecular flexibility index (Phi) is 4.25. The summed E-state index contributed by atoms with van der Waals surface area (Å²) in [5, 5.41) is 2.82. The van der Waals surface area contributed by atoms with Gasteiger partial charge in [0.05, 0.1) is 18.6 Å². The van der Waals surface area contributed by atoms with Crippen molar-refractivity contribution in [3.63, 3.8) is 0 Å². The van der Waals surface area contributed by atoms with E-state index >= 15 is 0 Å². The molecule has 18 heavy (non-hydrogen) atoms. The van der Waals surface area contributed by atoms with Crippen LogP contribution in [0.1, 0.15) is 35.3 Å². The largest absolute Gasteiger partial charge is 0.372 e. The first-order valence-corrected chi connectivity index (χ1v) is 6.63. The summed E-state index contributed by atoms with van der Waals surface area (Å²) < 4.78 is 5.33. The number of amides is 1. The second kappa shape index (κ2) is 5.72. The van der Waals surface area contributed by atoms with Crippen molar-refractivity contribution in [1.29, 1.82) is 0 Å². The van der Waals surface area contributed by atoms with Gasteiger partial charge >= 0.3 is 0 Å². The predicted octanol–water partition coefficient (Wildman–Crippen LogP) is 2.71. The first-order chi connectivity index (χ1) is 8.58. The van der Waals surface area contributed by atoms with Crippen LogP contribution in [0.15, 0.2) is 18.2 Å². The van der Waals surface area contributed by atoms with Gasteiger partial charge in [0, 0.05) is 12.1 Å². The molecule has 0 fully saturated rings. The molecule has 1 aliphatic heterocycles. The van der Waals surface area contributed by atoms with E-state index < -0.39 is 0 Å². The summed E-state index contributed by atoms with van der Waals surface area (Å²) in [4.78, 5) is 12.0. The maximum Gasteiger partial charge on any atom is 0.251 e. The Morgan fingerprint density at radius 2 is 2.11 bits per heavy atom. The highest BCUT2D eigenvalue weighted by atomic mass is 35.5. The highest BCUT2D eigenvalue weighted by Gasteiger charge is 2.15. The average molecular weight is 268 g/mol.